The van der Waals surface area contributed by atoms with Gasteiger partial charge in [-0.1, -0.05) is 18.2 Å². The Morgan fingerprint density at radius 2 is 1.82 bits per heavy atom. The Morgan fingerprint density at radius 3 is 2.52 bits per heavy atom. The Labute approximate surface area is 192 Å². The monoisotopic (exact) mass is 445 g/mol. The molecule has 2 amide bonds. The van der Waals surface area contributed by atoms with Gasteiger partial charge in [0.25, 0.3) is 11.8 Å². The predicted octanol–water partition coefficient (Wildman–Crippen LogP) is 3.10. The number of rotatable bonds is 6. The number of benzene rings is 1. The minimum Gasteiger partial charge on any atom is -0.474 e. The van der Waals surface area contributed by atoms with Crippen molar-refractivity contribution >= 4 is 11.8 Å². The van der Waals surface area contributed by atoms with Crippen LogP contribution < -0.4 is 15.8 Å². The maximum atomic E-state index is 12.9. The number of para-hydroxylation sites is 1. The van der Waals surface area contributed by atoms with E-state index in [9.17, 15) is 9.59 Å². The van der Waals surface area contributed by atoms with E-state index in [0.29, 0.717) is 17.1 Å². The zero-order valence-corrected chi connectivity index (χ0v) is 18.7. The fourth-order valence-electron chi connectivity index (χ4n) is 5.31. The van der Waals surface area contributed by atoms with Crippen LogP contribution in [0.3, 0.4) is 0 Å². The third-order valence-corrected chi connectivity index (χ3v) is 6.84. The smallest absolute Gasteiger partial charge is 0.271 e. The van der Waals surface area contributed by atoms with Crippen molar-refractivity contribution in [1.82, 2.24) is 19.9 Å². The van der Waals surface area contributed by atoms with Gasteiger partial charge in [-0.3, -0.25) is 9.59 Å². The molecule has 2 aliphatic rings. The lowest BCUT2D eigenvalue weighted by atomic mass is 9.53. The van der Waals surface area contributed by atoms with Gasteiger partial charge in [0.15, 0.2) is 0 Å². The number of hydrogen-bond donors (Lipinski definition) is 2. The largest absolute Gasteiger partial charge is 0.474 e. The van der Waals surface area contributed by atoms with E-state index in [1.165, 1.54) is 0 Å². The summed E-state index contributed by atoms with van der Waals surface area (Å²) in [6.45, 7) is 3.84. The minimum absolute atomic E-state index is 0.0149. The Kier molecular flexibility index (Phi) is 5.15. The van der Waals surface area contributed by atoms with Crippen LogP contribution in [0, 0.1) is 19.3 Å². The van der Waals surface area contributed by atoms with E-state index < -0.39 is 5.91 Å². The van der Waals surface area contributed by atoms with Gasteiger partial charge >= 0.3 is 0 Å². The molecule has 2 heterocycles. The number of primary amides is 1. The van der Waals surface area contributed by atoms with Gasteiger partial charge in [0.1, 0.15) is 23.2 Å². The van der Waals surface area contributed by atoms with Gasteiger partial charge in [0.2, 0.25) is 5.88 Å². The van der Waals surface area contributed by atoms with Gasteiger partial charge in [-0.2, -0.15) is 0 Å². The Balaban J connectivity index is 1.16. The minimum atomic E-state index is -0.543. The van der Waals surface area contributed by atoms with Crippen molar-refractivity contribution in [2.75, 3.05) is 0 Å². The molecule has 2 fully saturated rings. The van der Waals surface area contributed by atoms with Crippen LogP contribution in [0.25, 0.3) is 5.69 Å². The van der Waals surface area contributed by atoms with Gasteiger partial charge in [-0.05, 0) is 69.2 Å². The van der Waals surface area contributed by atoms with Gasteiger partial charge in [-0.25, -0.2) is 9.97 Å². The Hall–Kier alpha value is -3.68. The number of hydrogen-bond acceptors (Lipinski definition) is 5. The number of aromatic nitrogens is 3. The van der Waals surface area contributed by atoms with Crippen LogP contribution in [0.1, 0.15) is 58.0 Å². The lowest BCUT2D eigenvalue weighted by Gasteiger charge is -2.57. The molecule has 2 saturated carbocycles. The van der Waals surface area contributed by atoms with E-state index >= 15 is 0 Å². The SMILES string of the molecule is Cc1nc(C(=O)NC2CC3(C2)CC(Oc2ncccc2C(N)=O)C3)c(C)n1-c1ccccc1. The summed E-state index contributed by atoms with van der Waals surface area (Å²) in [6.07, 6.45) is 5.21. The van der Waals surface area contributed by atoms with Crippen LogP contribution in [0.2, 0.25) is 0 Å². The summed E-state index contributed by atoms with van der Waals surface area (Å²) in [5.41, 5.74) is 8.20. The highest BCUT2D eigenvalue weighted by molar-refractivity contribution is 5.95. The summed E-state index contributed by atoms with van der Waals surface area (Å²) < 4.78 is 7.92. The number of nitrogens with two attached hydrogens (primary N) is 1. The highest BCUT2D eigenvalue weighted by Crippen LogP contribution is 2.56. The maximum absolute atomic E-state index is 12.9. The summed E-state index contributed by atoms with van der Waals surface area (Å²) >= 11 is 0. The van der Waals surface area contributed by atoms with Gasteiger partial charge in [0, 0.05) is 17.9 Å². The molecular formula is C25H27N5O3. The quantitative estimate of drug-likeness (QED) is 0.605. The lowest BCUT2D eigenvalue weighted by Crippen LogP contribution is -2.58. The fraction of sp³-hybridized carbons (Fsp3) is 0.360. The van der Waals surface area contributed by atoms with Crippen LogP contribution in [0.15, 0.2) is 48.7 Å². The molecule has 8 heteroatoms. The molecule has 3 aromatic rings. The molecule has 5 rings (SSSR count). The molecule has 3 N–H and O–H groups in total. The first-order chi connectivity index (χ1) is 15.8. The van der Waals surface area contributed by atoms with E-state index in [2.05, 4.69) is 15.3 Å². The maximum Gasteiger partial charge on any atom is 0.271 e. The van der Waals surface area contributed by atoms with Crippen molar-refractivity contribution in [2.45, 2.75) is 51.7 Å². The summed E-state index contributed by atoms with van der Waals surface area (Å²) in [6, 6.07) is 13.3. The van der Waals surface area contributed by atoms with E-state index in [-0.39, 0.29) is 23.5 Å². The third-order valence-electron chi connectivity index (χ3n) is 6.84. The van der Waals surface area contributed by atoms with Crippen molar-refractivity contribution in [3.05, 3.63) is 71.4 Å². The van der Waals surface area contributed by atoms with E-state index in [1.54, 1.807) is 18.3 Å². The van der Waals surface area contributed by atoms with E-state index in [4.69, 9.17) is 10.5 Å². The number of nitrogens with zero attached hydrogens (tertiary/aromatic N) is 3. The van der Waals surface area contributed by atoms with Crippen LogP contribution in [0.5, 0.6) is 5.88 Å². The second-order valence-corrected chi connectivity index (χ2v) is 9.21. The number of carbonyl (C=O) groups is 2. The zero-order valence-electron chi connectivity index (χ0n) is 18.7. The van der Waals surface area contributed by atoms with Crippen LogP contribution in [-0.2, 0) is 0 Å². The summed E-state index contributed by atoms with van der Waals surface area (Å²) in [5.74, 6) is 0.419. The molecule has 0 saturated heterocycles. The summed E-state index contributed by atoms with van der Waals surface area (Å²) in [5, 5.41) is 3.15. The lowest BCUT2D eigenvalue weighted by molar-refractivity contribution is -0.0848. The standard InChI is InChI=1S/C25H27N5O3/c1-15-21(28-16(2)30(15)18-7-4-3-5-8-18)23(32)29-17-11-25(12-17)13-19(14-25)33-24-20(22(26)31)9-6-10-27-24/h3-10,17,19H,11-14H2,1-2H3,(H2,26,31)(H,29,32). The normalized spacial score (nSPS) is 23.5. The van der Waals surface area contributed by atoms with E-state index in [0.717, 1.165) is 42.9 Å². The molecule has 1 spiro atoms. The van der Waals surface area contributed by atoms with Gasteiger partial charge in [-0.15, -0.1) is 0 Å². The molecule has 2 aromatic heterocycles. The molecule has 0 radical (unpaired) electrons. The molecule has 1 aromatic carbocycles. The number of ether oxygens (including phenoxy) is 1. The van der Waals surface area contributed by atoms with Crippen LogP contribution >= 0.6 is 0 Å². The first-order valence-corrected chi connectivity index (χ1v) is 11.2. The molecule has 0 unspecified atom stereocenters. The third kappa shape index (κ3) is 3.86. The molecule has 170 valence electrons. The first-order valence-electron chi connectivity index (χ1n) is 11.2. The van der Waals surface area contributed by atoms with Gasteiger partial charge in [0.05, 0.1) is 5.69 Å². The summed E-state index contributed by atoms with van der Waals surface area (Å²) in [7, 11) is 0. The average Bonchev–Trinajstić information content (AvgIpc) is 3.05. The van der Waals surface area contributed by atoms with Crippen molar-refractivity contribution in [3.63, 3.8) is 0 Å². The molecule has 2 aliphatic carbocycles. The Morgan fingerprint density at radius 1 is 1.09 bits per heavy atom. The molecule has 0 aliphatic heterocycles. The van der Waals surface area contributed by atoms with Gasteiger partial charge < -0.3 is 20.4 Å². The number of aryl methyl sites for hydroxylation is 1. The number of nitrogens with one attached hydrogen (secondary N) is 1. The van der Waals surface area contributed by atoms with Crippen molar-refractivity contribution in [1.29, 1.82) is 0 Å². The van der Waals surface area contributed by atoms with Crippen molar-refractivity contribution < 1.29 is 14.3 Å². The zero-order chi connectivity index (χ0) is 23.2. The highest BCUT2D eigenvalue weighted by Gasteiger charge is 2.54. The van der Waals surface area contributed by atoms with E-state index in [1.807, 2.05) is 48.7 Å². The first kappa shape index (κ1) is 21.2. The predicted molar refractivity (Wildman–Crippen MR) is 122 cm³/mol. The number of imidazole rings is 1. The number of carbonyl (C=O) groups excluding carboxylic acids is 2. The molecule has 33 heavy (non-hydrogen) atoms. The number of amides is 2. The molecule has 0 bridgehead atoms. The molecule has 8 nitrogen and oxygen atoms in total. The molecular weight excluding hydrogens is 418 g/mol. The Bertz CT molecular complexity index is 1210. The molecule has 0 atom stereocenters. The number of pyridine rings is 1. The second kappa shape index (κ2) is 8.03. The second-order valence-electron chi connectivity index (χ2n) is 9.21. The fourth-order valence-corrected chi connectivity index (χ4v) is 5.31. The van der Waals surface area contributed by atoms with Crippen LogP contribution in [-0.4, -0.2) is 38.5 Å². The van der Waals surface area contributed by atoms with Crippen molar-refractivity contribution in [3.8, 4) is 11.6 Å². The summed E-state index contributed by atoms with van der Waals surface area (Å²) in [4.78, 5) is 33.2. The topological polar surface area (TPSA) is 112 Å². The van der Waals surface area contributed by atoms with Crippen LogP contribution in [0.4, 0.5) is 0 Å². The van der Waals surface area contributed by atoms with Crippen molar-refractivity contribution in [2.24, 2.45) is 11.1 Å². The highest BCUT2D eigenvalue weighted by atomic mass is 16.5. The average molecular weight is 446 g/mol.